The number of anilines is 1. The van der Waals surface area contributed by atoms with Crippen LogP contribution in [0.1, 0.15) is 6.92 Å². The van der Waals surface area contributed by atoms with Crippen LogP contribution in [-0.4, -0.2) is 83.7 Å². The number of hydrogen-bond donors (Lipinski definition) is 1. The van der Waals surface area contributed by atoms with Gasteiger partial charge in [-0.2, -0.15) is 5.10 Å². The van der Waals surface area contributed by atoms with Crippen molar-refractivity contribution in [3.8, 4) is 28.5 Å². The smallest absolute Gasteiger partial charge is 0.492 e. The molecule has 2 amide bonds. The minimum atomic E-state index is -4.79. The number of nitrogens with zero attached hydrogens (tertiary/aromatic N) is 4. The second-order valence-corrected chi connectivity index (χ2v) is 9.10. The first kappa shape index (κ1) is 28.7. The zero-order valence-electron chi connectivity index (χ0n) is 22.1. The largest absolute Gasteiger partial charge is 0.573 e. The van der Waals surface area contributed by atoms with Crippen LogP contribution in [0.2, 0.25) is 0 Å². The molecule has 1 saturated heterocycles. The van der Waals surface area contributed by atoms with Gasteiger partial charge in [-0.1, -0.05) is 0 Å². The summed E-state index contributed by atoms with van der Waals surface area (Å²) < 4.78 is 53.9. The normalized spacial score (nSPS) is 14.1. The van der Waals surface area contributed by atoms with E-state index in [4.69, 9.17) is 9.47 Å². The molecule has 2 heterocycles. The lowest BCUT2D eigenvalue weighted by Gasteiger charge is -2.34. The van der Waals surface area contributed by atoms with Crippen molar-refractivity contribution in [2.45, 2.75) is 13.3 Å². The molecular formula is C27H30F3N5O5. The molecule has 0 radical (unpaired) electrons. The zero-order valence-corrected chi connectivity index (χ0v) is 22.1. The summed E-state index contributed by atoms with van der Waals surface area (Å²) in [5.74, 6) is 0.0898. The van der Waals surface area contributed by atoms with Crippen LogP contribution in [0.5, 0.6) is 17.2 Å². The third-order valence-corrected chi connectivity index (χ3v) is 6.27. The van der Waals surface area contributed by atoms with Crippen LogP contribution < -0.4 is 19.5 Å². The molecule has 1 fully saturated rings. The molecule has 1 aromatic heterocycles. The number of piperazine rings is 1. The number of benzene rings is 2. The fourth-order valence-corrected chi connectivity index (χ4v) is 4.23. The van der Waals surface area contributed by atoms with E-state index in [2.05, 4.69) is 20.1 Å². The highest BCUT2D eigenvalue weighted by Crippen LogP contribution is 2.32. The van der Waals surface area contributed by atoms with Crippen molar-refractivity contribution in [3.05, 3.63) is 54.7 Å². The van der Waals surface area contributed by atoms with E-state index >= 15 is 0 Å². The summed E-state index contributed by atoms with van der Waals surface area (Å²) in [7, 11) is 1.80. The Morgan fingerprint density at radius 2 is 1.68 bits per heavy atom. The van der Waals surface area contributed by atoms with Crippen molar-refractivity contribution in [3.63, 3.8) is 0 Å². The van der Waals surface area contributed by atoms with Gasteiger partial charge in [0.1, 0.15) is 23.9 Å². The van der Waals surface area contributed by atoms with E-state index in [1.54, 1.807) is 43.0 Å². The van der Waals surface area contributed by atoms with E-state index in [0.717, 1.165) is 36.5 Å². The standard InChI is InChI=1S/C27H30F3N5O5/c1-19(36)35-13-11-34(12-14-35)15-16-38-25-8-3-20(17-23(25)24-9-10-31-33(24)2)32-26(37)18-39-21-4-6-22(7-5-21)40-27(28,29)30/h3-10,17H,11-16,18H2,1-2H3,(H,32,37). The Labute approximate surface area is 229 Å². The number of hydrogen-bond acceptors (Lipinski definition) is 7. The number of aromatic nitrogens is 2. The van der Waals surface area contributed by atoms with Crippen LogP contribution in [0, 0.1) is 0 Å². The van der Waals surface area contributed by atoms with Crippen molar-refractivity contribution >= 4 is 17.5 Å². The van der Waals surface area contributed by atoms with Crippen LogP contribution in [0.25, 0.3) is 11.3 Å². The lowest BCUT2D eigenvalue weighted by molar-refractivity contribution is -0.274. The van der Waals surface area contributed by atoms with E-state index in [0.29, 0.717) is 37.7 Å². The van der Waals surface area contributed by atoms with Gasteiger partial charge in [-0.05, 0) is 48.5 Å². The highest BCUT2D eigenvalue weighted by atomic mass is 19.4. The van der Waals surface area contributed by atoms with Gasteiger partial charge < -0.3 is 24.4 Å². The third kappa shape index (κ3) is 8.12. The van der Waals surface area contributed by atoms with Crippen LogP contribution in [0.3, 0.4) is 0 Å². The first-order chi connectivity index (χ1) is 19.1. The molecule has 40 heavy (non-hydrogen) atoms. The zero-order chi connectivity index (χ0) is 28.7. The van der Waals surface area contributed by atoms with Crippen molar-refractivity contribution < 1.29 is 37.0 Å². The second kappa shape index (κ2) is 12.7. The van der Waals surface area contributed by atoms with Gasteiger partial charge in [0.25, 0.3) is 5.91 Å². The SMILES string of the molecule is CC(=O)N1CCN(CCOc2ccc(NC(=O)COc3ccc(OC(F)(F)F)cc3)cc2-c2ccnn2C)CC1. The quantitative estimate of drug-likeness (QED) is 0.404. The van der Waals surface area contributed by atoms with E-state index in [-0.39, 0.29) is 24.0 Å². The molecular weight excluding hydrogens is 531 g/mol. The molecule has 0 spiro atoms. The molecule has 1 aliphatic heterocycles. The Morgan fingerprint density at radius 3 is 2.30 bits per heavy atom. The fraction of sp³-hybridized carbons (Fsp3) is 0.370. The van der Waals surface area contributed by atoms with Gasteiger partial charge in [-0.25, -0.2) is 0 Å². The molecule has 1 aliphatic rings. The topological polar surface area (TPSA) is 98.2 Å². The highest BCUT2D eigenvalue weighted by Gasteiger charge is 2.31. The van der Waals surface area contributed by atoms with Gasteiger partial charge in [0, 0.05) is 64.1 Å². The van der Waals surface area contributed by atoms with Gasteiger partial charge >= 0.3 is 6.36 Å². The molecule has 4 rings (SSSR count). The van der Waals surface area contributed by atoms with Crippen molar-refractivity contribution in [1.29, 1.82) is 0 Å². The van der Waals surface area contributed by atoms with Gasteiger partial charge in [0.2, 0.25) is 5.91 Å². The highest BCUT2D eigenvalue weighted by molar-refractivity contribution is 5.93. The van der Waals surface area contributed by atoms with E-state index in [9.17, 15) is 22.8 Å². The molecule has 0 atom stereocenters. The number of carbonyl (C=O) groups excluding carboxylic acids is 2. The second-order valence-electron chi connectivity index (χ2n) is 9.10. The van der Waals surface area contributed by atoms with Gasteiger partial charge in [0.15, 0.2) is 6.61 Å². The van der Waals surface area contributed by atoms with Gasteiger partial charge in [0.05, 0.1) is 5.69 Å². The fourth-order valence-electron chi connectivity index (χ4n) is 4.23. The maximum atomic E-state index is 12.5. The molecule has 0 bridgehead atoms. The summed E-state index contributed by atoms with van der Waals surface area (Å²) in [6.45, 7) is 5.35. The number of alkyl halides is 3. The van der Waals surface area contributed by atoms with Crippen LogP contribution in [0.15, 0.2) is 54.7 Å². The number of ether oxygens (including phenoxy) is 3. The van der Waals surface area contributed by atoms with E-state index < -0.39 is 12.3 Å². The molecule has 0 unspecified atom stereocenters. The van der Waals surface area contributed by atoms with Crippen molar-refractivity contribution in [2.24, 2.45) is 7.05 Å². The van der Waals surface area contributed by atoms with E-state index in [1.165, 1.54) is 12.1 Å². The maximum Gasteiger partial charge on any atom is 0.573 e. The lowest BCUT2D eigenvalue weighted by Crippen LogP contribution is -2.48. The molecule has 13 heteroatoms. The van der Waals surface area contributed by atoms with Crippen LogP contribution in [0.4, 0.5) is 18.9 Å². The Bertz CT molecular complexity index is 1300. The number of carbonyl (C=O) groups is 2. The van der Waals surface area contributed by atoms with Crippen molar-refractivity contribution in [1.82, 2.24) is 19.6 Å². The number of aryl methyl sites for hydroxylation is 1. The van der Waals surface area contributed by atoms with Crippen LogP contribution >= 0.6 is 0 Å². The molecule has 0 aliphatic carbocycles. The molecule has 1 N–H and O–H groups in total. The maximum absolute atomic E-state index is 12.5. The number of nitrogens with one attached hydrogen (secondary N) is 1. The predicted molar refractivity (Wildman–Crippen MR) is 140 cm³/mol. The molecule has 3 aromatic rings. The first-order valence-electron chi connectivity index (χ1n) is 12.6. The number of rotatable bonds is 10. The Hall–Kier alpha value is -4.26. The molecule has 10 nitrogen and oxygen atoms in total. The summed E-state index contributed by atoms with van der Waals surface area (Å²) >= 11 is 0. The summed E-state index contributed by atoms with van der Waals surface area (Å²) in [6, 6.07) is 11.9. The Kier molecular flexibility index (Phi) is 9.15. The summed E-state index contributed by atoms with van der Waals surface area (Å²) in [5, 5.41) is 6.99. The Morgan fingerprint density at radius 1 is 0.975 bits per heavy atom. The average Bonchev–Trinajstić information content (AvgIpc) is 3.34. The minimum absolute atomic E-state index is 0.0871. The molecule has 0 saturated carbocycles. The predicted octanol–water partition coefficient (Wildman–Crippen LogP) is 3.55. The number of amides is 2. The lowest BCUT2D eigenvalue weighted by atomic mass is 10.1. The van der Waals surface area contributed by atoms with E-state index in [1.807, 2.05) is 11.0 Å². The molecule has 2 aromatic carbocycles. The summed E-state index contributed by atoms with van der Waals surface area (Å²) in [5.41, 5.74) is 2.03. The van der Waals surface area contributed by atoms with Crippen molar-refractivity contribution in [2.75, 3.05) is 51.3 Å². The summed E-state index contributed by atoms with van der Waals surface area (Å²) in [6.07, 6.45) is -3.12. The average molecular weight is 562 g/mol. The number of halogens is 3. The monoisotopic (exact) mass is 561 g/mol. The molecule has 214 valence electrons. The third-order valence-electron chi connectivity index (χ3n) is 6.27. The van der Waals surface area contributed by atoms with Gasteiger partial charge in [-0.3, -0.25) is 19.2 Å². The van der Waals surface area contributed by atoms with Gasteiger partial charge in [-0.15, -0.1) is 13.2 Å². The summed E-state index contributed by atoms with van der Waals surface area (Å²) in [4.78, 5) is 28.1. The minimum Gasteiger partial charge on any atom is -0.492 e. The Balaban J connectivity index is 1.34. The van der Waals surface area contributed by atoms with Crippen LogP contribution in [-0.2, 0) is 16.6 Å². The first-order valence-corrected chi connectivity index (χ1v) is 12.6.